The lowest BCUT2D eigenvalue weighted by Gasteiger charge is -2.15. The molecule has 3 rings (SSSR count). The van der Waals surface area contributed by atoms with E-state index in [9.17, 15) is 0 Å². The van der Waals surface area contributed by atoms with Crippen molar-refractivity contribution in [3.63, 3.8) is 0 Å². The first-order chi connectivity index (χ1) is 9.26. The van der Waals surface area contributed by atoms with Gasteiger partial charge in [-0.05, 0) is 22.8 Å². The predicted molar refractivity (Wildman–Crippen MR) is 78.7 cm³/mol. The zero-order valence-corrected chi connectivity index (χ0v) is 11.4. The van der Waals surface area contributed by atoms with Gasteiger partial charge in [0.1, 0.15) is 0 Å². The van der Waals surface area contributed by atoms with E-state index in [0.717, 1.165) is 30.9 Å². The third kappa shape index (κ3) is 2.55. The van der Waals surface area contributed by atoms with Crippen molar-refractivity contribution in [2.45, 2.75) is 19.6 Å². The van der Waals surface area contributed by atoms with Crippen LogP contribution in [0.3, 0.4) is 0 Å². The smallest absolute Gasteiger partial charge is 0.0730 e. The third-order valence-electron chi connectivity index (χ3n) is 3.45. The number of hydrogen-bond donors (Lipinski definition) is 0. The fourth-order valence-corrected chi connectivity index (χ4v) is 2.67. The van der Waals surface area contributed by atoms with Crippen molar-refractivity contribution in [3.8, 4) is 0 Å². The molecule has 0 amide bonds. The molecule has 1 aliphatic rings. The van der Waals surface area contributed by atoms with Crippen LogP contribution in [0.4, 0.5) is 0 Å². The Kier molecular flexibility index (Phi) is 3.36. The first-order valence-electron chi connectivity index (χ1n) is 6.32. The molecule has 0 atom stereocenters. The molecule has 1 aliphatic heterocycles. The average Bonchev–Trinajstić information content (AvgIpc) is 2.83. The maximum Gasteiger partial charge on any atom is 0.0730 e. The zero-order valence-electron chi connectivity index (χ0n) is 10.6. The Hall–Kier alpha value is -1.64. The van der Waals surface area contributed by atoms with Crippen LogP contribution in [0.1, 0.15) is 22.4 Å². The fraction of sp³-hybridized carbons (Fsp3) is 0.188. The van der Waals surface area contributed by atoms with Crippen molar-refractivity contribution in [2.24, 2.45) is 0 Å². The summed E-state index contributed by atoms with van der Waals surface area (Å²) in [5, 5.41) is 0.716. The van der Waals surface area contributed by atoms with Crippen LogP contribution < -0.4 is 0 Å². The Morgan fingerprint density at radius 2 is 1.95 bits per heavy atom. The normalized spacial score (nSPS) is 14.4. The van der Waals surface area contributed by atoms with E-state index in [1.807, 2.05) is 12.3 Å². The van der Waals surface area contributed by atoms with E-state index in [2.05, 4.69) is 40.7 Å². The highest BCUT2D eigenvalue weighted by molar-refractivity contribution is 6.31. The molecule has 0 spiro atoms. The summed E-state index contributed by atoms with van der Waals surface area (Å²) < 4.78 is 0. The van der Waals surface area contributed by atoms with Crippen LogP contribution in [0.15, 0.2) is 43.1 Å². The Balaban J connectivity index is 1.76. The SMILES string of the molecule is C=Cc1cnc(CN2Cc3ccccc3C2)c(Cl)c1. The number of aromatic nitrogens is 1. The molecule has 2 aromatic rings. The second-order valence-corrected chi connectivity index (χ2v) is 5.22. The van der Waals surface area contributed by atoms with Crippen molar-refractivity contribution in [1.29, 1.82) is 0 Å². The van der Waals surface area contributed by atoms with Gasteiger partial charge in [-0.2, -0.15) is 0 Å². The van der Waals surface area contributed by atoms with Crippen LogP contribution in [0, 0.1) is 0 Å². The minimum Gasteiger partial charge on any atom is -0.289 e. The lowest BCUT2D eigenvalue weighted by Crippen LogP contribution is -2.16. The lowest BCUT2D eigenvalue weighted by molar-refractivity contribution is 0.272. The Morgan fingerprint density at radius 3 is 2.53 bits per heavy atom. The van der Waals surface area contributed by atoms with Crippen LogP contribution in [-0.4, -0.2) is 9.88 Å². The number of nitrogens with zero attached hydrogens (tertiary/aromatic N) is 2. The maximum atomic E-state index is 6.26. The van der Waals surface area contributed by atoms with E-state index in [0.29, 0.717) is 5.02 Å². The molecule has 0 N–H and O–H groups in total. The summed E-state index contributed by atoms with van der Waals surface area (Å²) >= 11 is 6.26. The number of fused-ring (bicyclic) bond motifs is 1. The lowest BCUT2D eigenvalue weighted by atomic mass is 10.1. The summed E-state index contributed by atoms with van der Waals surface area (Å²) in [6.07, 6.45) is 3.58. The zero-order chi connectivity index (χ0) is 13.2. The second-order valence-electron chi connectivity index (χ2n) is 4.82. The van der Waals surface area contributed by atoms with Gasteiger partial charge in [0, 0.05) is 25.8 Å². The summed E-state index contributed by atoms with van der Waals surface area (Å²) in [4.78, 5) is 6.78. The van der Waals surface area contributed by atoms with Gasteiger partial charge in [0.05, 0.1) is 10.7 Å². The van der Waals surface area contributed by atoms with E-state index >= 15 is 0 Å². The average molecular weight is 271 g/mol. The highest BCUT2D eigenvalue weighted by Gasteiger charge is 2.19. The number of halogens is 1. The number of hydrogen-bond acceptors (Lipinski definition) is 2. The molecule has 1 aromatic heterocycles. The highest BCUT2D eigenvalue weighted by Crippen LogP contribution is 2.25. The van der Waals surface area contributed by atoms with Gasteiger partial charge in [-0.15, -0.1) is 0 Å². The number of pyridine rings is 1. The molecule has 0 bridgehead atoms. The molecule has 1 aromatic carbocycles. The molecule has 0 unspecified atom stereocenters. The Morgan fingerprint density at radius 1 is 1.26 bits per heavy atom. The van der Waals surface area contributed by atoms with Crippen LogP contribution in [0.2, 0.25) is 5.02 Å². The van der Waals surface area contributed by atoms with Crippen LogP contribution >= 0.6 is 11.6 Å². The predicted octanol–water partition coefficient (Wildman–Crippen LogP) is 3.89. The van der Waals surface area contributed by atoms with Crippen molar-refractivity contribution < 1.29 is 0 Å². The van der Waals surface area contributed by atoms with Gasteiger partial charge >= 0.3 is 0 Å². The van der Waals surface area contributed by atoms with Gasteiger partial charge in [0.25, 0.3) is 0 Å². The molecule has 0 aliphatic carbocycles. The topological polar surface area (TPSA) is 16.1 Å². The first-order valence-corrected chi connectivity index (χ1v) is 6.70. The van der Waals surface area contributed by atoms with Gasteiger partial charge in [0.2, 0.25) is 0 Å². The van der Waals surface area contributed by atoms with Gasteiger partial charge in [0.15, 0.2) is 0 Å². The fourth-order valence-electron chi connectivity index (χ4n) is 2.44. The molecular weight excluding hydrogens is 256 g/mol. The van der Waals surface area contributed by atoms with Crippen molar-refractivity contribution in [3.05, 3.63) is 70.5 Å². The molecule has 2 nitrogen and oxygen atoms in total. The Labute approximate surface area is 118 Å². The molecule has 0 radical (unpaired) electrons. The summed E-state index contributed by atoms with van der Waals surface area (Å²) in [5.41, 5.74) is 4.70. The van der Waals surface area contributed by atoms with E-state index in [-0.39, 0.29) is 0 Å². The molecule has 0 saturated heterocycles. The Bertz CT molecular complexity index is 597. The highest BCUT2D eigenvalue weighted by atomic mass is 35.5. The van der Waals surface area contributed by atoms with Crippen LogP contribution in [-0.2, 0) is 19.6 Å². The van der Waals surface area contributed by atoms with Crippen LogP contribution in [0.5, 0.6) is 0 Å². The summed E-state index contributed by atoms with van der Waals surface area (Å²) in [5.74, 6) is 0. The van der Waals surface area contributed by atoms with Crippen molar-refractivity contribution in [1.82, 2.24) is 9.88 Å². The van der Waals surface area contributed by atoms with Crippen LogP contribution in [0.25, 0.3) is 6.08 Å². The minimum atomic E-state index is 0.716. The monoisotopic (exact) mass is 270 g/mol. The van der Waals surface area contributed by atoms with Gasteiger partial charge in [-0.25, -0.2) is 0 Å². The standard InChI is InChI=1S/C16H15ClN2/c1-2-12-7-15(17)16(18-8-12)11-19-9-13-5-3-4-6-14(13)10-19/h2-8H,1,9-11H2. The van der Waals surface area contributed by atoms with E-state index in [1.54, 1.807) is 6.08 Å². The van der Waals surface area contributed by atoms with Crippen molar-refractivity contribution >= 4 is 17.7 Å². The number of rotatable bonds is 3. The number of benzene rings is 1. The minimum absolute atomic E-state index is 0.716. The maximum absolute atomic E-state index is 6.26. The summed E-state index contributed by atoms with van der Waals surface area (Å²) in [6, 6.07) is 10.5. The van der Waals surface area contributed by atoms with Gasteiger partial charge < -0.3 is 0 Å². The van der Waals surface area contributed by atoms with Crippen molar-refractivity contribution in [2.75, 3.05) is 0 Å². The van der Waals surface area contributed by atoms with Gasteiger partial charge in [-0.1, -0.05) is 48.5 Å². The molecular formula is C16H15ClN2. The van der Waals surface area contributed by atoms with E-state index < -0.39 is 0 Å². The van der Waals surface area contributed by atoms with E-state index in [4.69, 9.17) is 11.6 Å². The quantitative estimate of drug-likeness (QED) is 0.841. The molecule has 3 heteroatoms. The van der Waals surface area contributed by atoms with Gasteiger partial charge in [-0.3, -0.25) is 9.88 Å². The summed E-state index contributed by atoms with van der Waals surface area (Å²) in [6.45, 7) is 6.44. The second kappa shape index (κ2) is 5.16. The largest absolute Gasteiger partial charge is 0.289 e. The molecule has 0 saturated carbocycles. The third-order valence-corrected chi connectivity index (χ3v) is 3.78. The molecule has 0 fully saturated rings. The molecule has 19 heavy (non-hydrogen) atoms. The molecule has 2 heterocycles. The first kappa shape index (κ1) is 12.4. The summed E-state index contributed by atoms with van der Waals surface area (Å²) in [7, 11) is 0. The molecule has 96 valence electrons. The van der Waals surface area contributed by atoms with E-state index in [1.165, 1.54) is 11.1 Å².